The molecule has 2 unspecified atom stereocenters. The number of amides is 4. The van der Waals surface area contributed by atoms with Gasteiger partial charge in [0, 0.05) is 39.6 Å². The second-order valence-corrected chi connectivity index (χ2v) is 8.32. The molecule has 1 aliphatic carbocycles. The van der Waals surface area contributed by atoms with E-state index in [-0.39, 0.29) is 43.2 Å². The van der Waals surface area contributed by atoms with Crippen LogP contribution in [0.25, 0.3) is 0 Å². The van der Waals surface area contributed by atoms with Crippen molar-refractivity contribution in [2.24, 2.45) is 5.41 Å². The highest BCUT2D eigenvalue weighted by Crippen LogP contribution is 2.53. The molecule has 0 radical (unpaired) electrons. The second kappa shape index (κ2) is 8.17. The minimum atomic E-state index is -1.17. The molecule has 2 saturated heterocycles. The number of hydrogen-bond acceptors (Lipinski definition) is 5. The van der Waals surface area contributed by atoms with Crippen molar-refractivity contribution in [3.63, 3.8) is 0 Å². The molecule has 1 spiro atoms. The summed E-state index contributed by atoms with van der Waals surface area (Å²) in [6.45, 7) is 2.64. The second-order valence-electron chi connectivity index (χ2n) is 8.32. The van der Waals surface area contributed by atoms with Crippen LogP contribution in [0, 0.1) is 5.41 Å². The topological polar surface area (TPSA) is 130 Å². The van der Waals surface area contributed by atoms with Crippen molar-refractivity contribution in [3.8, 4) is 0 Å². The number of aliphatic hydroxyl groups is 1. The number of piperidine rings is 1. The molecule has 29 heavy (non-hydrogen) atoms. The molecule has 0 bridgehead atoms. The van der Waals surface area contributed by atoms with Crippen LogP contribution in [-0.2, 0) is 14.4 Å². The number of β-amino-alcohol motifs (C(OH)–C–C–N with tert-alkyl or cyclic N) is 1. The van der Waals surface area contributed by atoms with E-state index >= 15 is 0 Å². The summed E-state index contributed by atoms with van der Waals surface area (Å²) in [4.78, 5) is 53.1. The summed E-state index contributed by atoms with van der Waals surface area (Å²) in [5, 5.41) is 22.0. The summed E-state index contributed by atoms with van der Waals surface area (Å²) in [7, 11) is 1.47. The zero-order chi connectivity index (χ0) is 21.3. The third kappa shape index (κ3) is 4.17. The van der Waals surface area contributed by atoms with Crippen molar-refractivity contribution in [1.29, 1.82) is 0 Å². The van der Waals surface area contributed by atoms with Gasteiger partial charge in [0.25, 0.3) is 0 Å². The molecule has 0 aromatic heterocycles. The van der Waals surface area contributed by atoms with E-state index < -0.39 is 30.2 Å². The van der Waals surface area contributed by atoms with Gasteiger partial charge in [-0.3, -0.25) is 19.3 Å². The molecular formula is C19H30N4O6. The molecule has 4 amide bonds. The van der Waals surface area contributed by atoms with Crippen LogP contribution in [0.2, 0.25) is 0 Å². The van der Waals surface area contributed by atoms with E-state index in [0.717, 1.165) is 24.2 Å². The van der Waals surface area contributed by atoms with Gasteiger partial charge in [-0.15, -0.1) is 0 Å². The van der Waals surface area contributed by atoms with Crippen LogP contribution in [0.1, 0.15) is 39.0 Å². The Balaban J connectivity index is 1.61. The Hall–Kier alpha value is -2.36. The van der Waals surface area contributed by atoms with Gasteiger partial charge >= 0.3 is 6.09 Å². The maximum absolute atomic E-state index is 12.7. The summed E-state index contributed by atoms with van der Waals surface area (Å²) in [5.74, 6) is -0.959. The third-order valence-corrected chi connectivity index (χ3v) is 6.72. The number of carbonyl (C=O) groups excluding carboxylic acids is 3. The predicted octanol–water partition coefficient (Wildman–Crippen LogP) is -0.535. The van der Waals surface area contributed by atoms with Gasteiger partial charge in [0.15, 0.2) is 0 Å². The minimum Gasteiger partial charge on any atom is -0.465 e. The zero-order valence-corrected chi connectivity index (χ0v) is 17.0. The van der Waals surface area contributed by atoms with Crippen LogP contribution in [0.5, 0.6) is 0 Å². The Morgan fingerprint density at radius 1 is 1.21 bits per heavy atom. The molecule has 2 aliphatic heterocycles. The van der Waals surface area contributed by atoms with Gasteiger partial charge in [0.05, 0.1) is 6.10 Å². The van der Waals surface area contributed by atoms with E-state index in [4.69, 9.17) is 0 Å². The maximum Gasteiger partial charge on any atom is 0.408 e. The number of carbonyl (C=O) groups is 4. The van der Waals surface area contributed by atoms with E-state index in [1.54, 1.807) is 4.90 Å². The number of rotatable bonds is 5. The van der Waals surface area contributed by atoms with E-state index in [9.17, 15) is 29.4 Å². The molecule has 3 rings (SSSR count). The Labute approximate surface area is 169 Å². The molecule has 0 aromatic rings. The number of piperazine rings is 1. The Kier molecular flexibility index (Phi) is 6.02. The minimum absolute atomic E-state index is 0.00772. The number of likely N-dealkylation sites (N-methyl/N-ethyl adjacent to an activating group) is 1. The van der Waals surface area contributed by atoms with Gasteiger partial charge in [-0.05, 0) is 38.0 Å². The van der Waals surface area contributed by atoms with E-state index in [1.807, 2.05) is 0 Å². The molecule has 1 saturated carbocycles. The first kappa shape index (κ1) is 21.4. The largest absolute Gasteiger partial charge is 0.465 e. The van der Waals surface area contributed by atoms with Crippen molar-refractivity contribution in [3.05, 3.63) is 0 Å². The Bertz CT molecular complexity index is 694. The molecule has 2 heterocycles. The summed E-state index contributed by atoms with van der Waals surface area (Å²) in [6, 6.07) is -1.71. The van der Waals surface area contributed by atoms with Crippen LogP contribution in [0.3, 0.4) is 0 Å². The average molecular weight is 410 g/mol. The quantitative estimate of drug-likeness (QED) is 0.558. The zero-order valence-electron chi connectivity index (χ0n) is 17.0. The van der Waals surface area contributed by atoms with Crippen molar-refractivity contribution >= 4 is 23.8 Å². The molecule has 3 atom stereocenters. The Morgan fingerprint density at radius 3 is 2.45 bits per heavy atom. The van der Waals surface area contributed by atoms with Crippen molar-refractivity contribution in [2.75, 3.05) is 33.2 Å². The predicted molar refractivity (Wildman–Crippen MR) is 102 cm³/mol. The highest BCUT2D eigenvalue weighted by Gasteiger charge is 2.51. The highest BCUT2D eigenvalue weighted by molar-refractivity contribution is 5.92. The Morgan fingerprint density at radius 2 is 1.90 bits per heavy atom. The number of hydrogen-bond donors (Lipinski definition) is 3. The molecule has 3 fully saturated rings. The van der Waals surface area contributed by atoms with Crippen molar-refractivity contribution in [1.82, 2.24) is 20.0 Å². The molecule has 3 N–H and O–H groups in total. The SMILES string of the molecule is CNC(=O)[C@H](CCC(=O)N1CCC2(CC2)C(O)C1)N1CCN(C(=O)O)C(C)C1=O. The lowest BCUT2D eigenvalue weighted by molar-refractivity contribution is -0.148. The van der Waals surface area contributed by atoms with Crippen LogP contribution in [-0.4, -0.2) is 100 Å². The molecule has 162 valence electrons. The van der Waals surface area contributed by atoms with E-state index in [0.29, 0.717) is 13.1 Å². The first-order chi connectivity index (χ1) is 13.7. The standard InChI is InChI=1S/C19H30N4O6/c1-12-17(27)23(10-9-22(12)18(28)29)13(16(26)20-2)3-4-15(25)21-8-7-19(5-6-19)14(24)11-21/h12-14,24H,3-11H2,1-2H3,(H,20,26)(H,28,29)/t12?,13-,14?/m0/s1. The lowest BCUT2D eigenvalue weighted by Gasteiger charge is -2.41. The first-order valence-corrected chi connectivity index (χ1v) is 10.2. The third-order valence-electron chi connectivity index (χ3n) is 6.72. The first-order valence-electron chi connectivity index (χ1n) is 10.2. The molecule has 3 aliphatic rings. The van der Waals surface area contributed by atoms with Crippen LogP contribution in [0.15, 0.2) is 0 Å². The smallest absolute Gasteiger partial charge is 0.408 e. The fourth-order valence-corrected chi connectivity index (χ4v) is 4.46. The maximum atomic E-state index is 12.7. The van der Waals surface area contributed by atoms with Crippen molar-refractivity contribution in [2.45, 2.75) is 57.2 Å². The summed E-state index contributed by atoms with van der Waals surface area (Å²) >= 11 is 0. The van der Waals surface area contributed by atoms with Gasteiger partial charge < -0.3 is 25.3 Å². The fourth-order valence-electron chi connectivity index (χ4n) is 4.46. The lowest BCUT2D eigenvalue weighted by Crippen LogP contribution is -2.62. The van der Waals surface area contributed by atoms with Gasteiger partial charge in [0.2, 0.25) is 17.7 Å². The molecule has 10 nitrogen and oxygen atoms in total. The van der Waals surface area contributed by atoms with Crippen LogP contribution in [0.4, 0.5) is 4.79 Å². The van der Waals surface area contributed by atoms with Gasteiger partial charge in [-0.2, -0.15) is 0 Å². The summed E-state index contributed by atoms with van der Waals surface area (Å²) < 4.78 is 0. The van der Waals surface area contributed by atoms with Crippen molar-refractivity contribution < 1.29 is 29.4 Å². The monoisotopic (exact) mass is 410 g/mol. The molecule has 10 heteroatoms. The number of nitrogens with zero attached hydrogens (tertiary/aromatic N) is 3. The highest BCUT2D eigenvalue weighted by atomic mass is 16.4. The fraction of sp³-hybridized carbons (Fsp3) is 0.789. The van der Waals surface area contributed by atoms with Crippen LogP contribution >= 0.6 is 0 Å². The number of aliphatic hydroxyl groups excluding tert-OH is 1. The summed E-state index contributed by atoms with van der Waals surface area (Å²) in [5.41, 5.74) is 0.00772. The average Bonchev–Trinajstić information content (AvgIpc) is 3.47. The lowest BCUT2D eigenvalue weighted by atomic mass is 9.90. The normalized spacial score (nSPS) is 27.0. The van der Waals surface area contributed by atoms with Gasteiger partial charge in [-0.25, -0.2) is 4.79 Å². The summed E-state index contributed by atoms with van der Waals surface area (Å²) in [6.07, 6.45) is 1.39. The van der Waals surface area contributed by atoms with Gasteiger partial charge in [-0.1, -0.05) is 0 Å². The van der Waals surface area contributed by atoms with Crippen LogP contribution < -0.4 is 5.32 Å². The van der Waals surface area contributed by atoms with E-state index in [2.05, 4.69) is 5.32 Å². The number of carboxylic acid groups (broad SMARTS) is 1. The number of likely N-dealkylation sites (tertiary alicyclic amines) is 1. The van der Waals surface area contributed by atoms with E-state index in [1.165, 1.54) is 18.9 Å². The molecular weight excluding hydrogens is 380 g/mol. The van der Waals surface area contributed by atoms with Gasteiger partial charge in [0.1, 0.15) is 12.1 Å². The molecule has 0 aromatic carbocycles. The number of nitrogens with one attached hydrogen (secondary N) is 1.